The van der Waals surface area contributed by atoms with Crippen LogP contribution in [-0.4, -0.2) is 38.8 Å². The molecular formula is C25H26N2O5S. The molecule has 1 amide bonds. The fourth-order valence-electron chi connectivity index (χ4n) is 3.93. The van der Waals surface area contributed by atoms with Crippen LogP contribution >= 0.6 is 0 Å². The molecule has 0 unspecified atom stereocenters. The van der Waals surface area contributed by atoms with Gasteiger partial charge in [-0.3, -0.25) is 4.79 Å². The number of aryl methyl sites for hydroxylation is 1. The minimum Gasteiger partial charge on any atom is -0.495 e. The van der Waals surface area contributed by atoms with E-state index in [0.29, 0.717) is 35.7 Å². The van der Waals surface area contributed by atoms with Crippen molar-refractivity contribution in [1.82, 2.24) is 4.31 Å². The van der Waals surface area contributed by atoms with Crippen LogP contribution in [-0.2, 0) is 10.0 Å². The maximum Gasteiger partial charge on any atom is 0.256 e. The van der Waals surface area contributed by atoms with E-state index in [4.69, 9.17) is 9.15 Å². The van der Waals surface area contributed by atoms with Crippen molar-refractivity contribution in [2.45, 2.75) is 25.7 Å². The van der Waals surface area contributed by atoms with Crippen LogP contribution in [0.25, 0.3) is 21.9 Å². The van der Waals surface area contributed by atoms with Crippen LogP contribution in [0.3, 0.4) is 0 Å². The minimum atomic E-state index is -3.69. The molecule has 0 bridgehead atoms. The molecule has 0 aliphatic heterocycles. The quantitative estimate of drug-likeness (QED) is 0.405. The van der Waals surface area contributed by atoms with E-state index in [0.717, 1.165) is 16.4 Å². The number of furan rings is 1. The highest BCUT2D eigenvalue weighted by Crippen LogP contribution is 2.36. The molecule has 1 aromatic heterocycles. The molecule has 33 heavy (non-hydrogen) atoms. The van der Waals surface area contributed by atoms with Crippen molar-refractivity contribution in [2.75, 3.05) is 25.5 Å². The van der Waals surface area contributed by atoms with Crippen molar-refractivity contribution in [1.29, 1.82) is 0 Å². The lowest BCUT2D eigenvalue weighted by Gasteiger charge is -2.19. The van der Waals surface area contributed by atoms with Crippen molar-refractivity contribution in [3.8, 4) is 5.75 Å². The number of carbonyl (C=O) groups excluding carboxylic acids is 1. The van der Waals surface area contributed by atoms with E-state index in [2.05, 4.69) is 5.32 Å². The molecule has 0 atom stereocenters. The number of para-hydroxylation sites is 1. The second kappa shape index (κ2) is 8.88. The van der Waals surface area contributed by atoms with Crippen LogP contribution in [0.15, 0.2) is 63.9 Å². The fraction of sp³-hybridized carbons (Fsp3) is 0.240. The average molecular weight is 467 g/mol. The summed E-state index contributed by atoms with van der Waals surface area (Å²) in [4.78, 5) is 13.3. The fourth-order valence-corrected chi connectivity index (χ4v) is 5.41. The Labute approximate surface area is 193 Å². The number of amides is 1. The van der Waals surface area contributed by atoms with E-state index < -0.39 is 15.9 Å². The third-order valence-electron chi connectivity index (χ3n) is 5.74. The van der Waals surface area contributed by atoms with Crippen LogP contribution in [0.5, 0.6) is 5.75 Å². The molecule has 172 valence electrons. The van der Waals surface area contributed by atoms with Gasteiger partial charge in [0.05, 0.1) is 17.7 Å². The van der Waals surface area contributed by atoms with Gasteiger partial charge in [0, 0.05) is 35.5 Å². The van der Waals surface area contributed by atoms with E-state index in [-0.39, 0.29) is 10.5 Å². The molecular weight excluding hydrogens is 440 g/mol. The van der Waals surface area contributed by atoms with Crippen molar-refractivity contribution in [3.05, 3.63) is 65.7 Å². The zero-order chi connectivity index (χ0) is 23.8. The predicted octanol–water partition coefficient (Wildman–Crippen LogP) is 5.19. The smallest absolute Gasteiger partial charge is 0.256 e. The molecule has 0 spiro atoms. The Morgan fingerprint density at radius 3 is 2.42 bits per heavy atom. The van der Waals surface area contributed by atoms with Gasteiger partial charge >= 0.3 is 0 Å². The van der Waals surface area contributed by atoms with Gasteiger partial charge in [-0.05, 0) is 36.8 Å². The first-order valence-corrected chi connectivity index (χ1v) is 12.2. The normalized spacial score (nSPS) is 11.9. The zero-order valence-electron chi connectivity index (χ0n) is 19.0. The molecule has 1 N–H and O–H groups in total. The maximum atomic E-state index is 13.2. The van der Waals surface area contributed by atoms with Gasteiger partial charge in [0.25, 0.3) is 5.91 Å². The van der Waals surface area contributed by atoms with Crippen LogP contribution < -0.4 is 10.1 Å². The number of benzene rings is 3. The first-order valence-electron chi connectivity index (χ1n) is 10.7. The summed E-state index contributed by atoms with van der Waals surface area (Å²) in [6, 6.07) is 15.8. The topological polar surface area (TPSA) is 88.9 Å². The van der Waals surface area contributed by atoms with Crippen molar-refractivity contribution in [3.63, 3.8) is 0 Å². The Kier molecular flexibility index (Phi) is 6.14. The largest absolute Gasteiger partial charge is 0.495 e. The standard InChI is InChI=1S/C25H26N2O5S/c1-5-27(6-2)33(29,30)17-12-11-16(3)19(13-17)25(28)26-21-15-23-20(14-24(21)31-4)18-9-7-8-10-22(18)32-23/h7-15H,5-6H2,1-4H3,(H,26,28). The molecule has 0 aliphatic rings. The highest BCUT2D eigenvalue weighted by Gasteiger charge is 2.24. The van der Waals surface area contributed by atoms with E-state index in [1.54, 1.807) is 32.9 Å². The van der Waals surface area contributed by atoms with Crippen LogP contribution in [0.4, 0.5) is 5.69 Å². The summed E-state index contributed by atoms with van der Waals surface area (Å²) in [5.41, 5.74) is 2.72. The molecule has 0 radical (unpaired) electrons. The van der Waals surface area contributed by atoms with Crippen molar-refractivity contribution < 1.29 is 22.4 Å². The highest BCUT2D eigenvalue weighted by atomic mass is 32.2. The summed E-state index contributed by atoms with van der Waals surface area (Å²) in [7, 11) is -2.16. The molecule has 0 saturated carbocycles. The van der Waals surface area contributed by atoms with E-state index in [1.165, 1.54) is 23.5 Å². The molecule has 4 aromatic rings. The SMILES string of the molecule is CCN(CC)S(=O)(=O)c1ccc(C)c(C(=O)Nc2cc3oc4ccccc4c3cc2OC)c1. The van der Waals surface area contributed by atoms with Gasteiger partial charge in [-0.2, -0.15) is 4.31 Å². The van der Waals surface area contributed by atoms with Crippen molar-refractivity contribution >= 4 is 43.6 Å². The lowest BCUT2D eigenvalue weighted by atomic mass is 10.1. The lowest BCUT2D eigenvalue weighted by molar-refractivity contribution is 0.102. The summed E-state index contributed by atoms with van der Waals surface area (Å²) < 4.78 is 38.7. The van der Waals surface area contributed by atoms with Gasteiger partial charge in [0.2, 0.25) is 10.0 Å². The average Bonchev–Trinajstić information content (AvgIpc) is 3.16. The molecule has 3 aromatic carbocycles. The van der Waals surface area contributed by atoms with E-state index in [9.17, 15) is 13.2 Å². The molecule has 0 fully saturated rings. The van der Waals surface area contributed by atoms with Gasteiger partial charge in [0.15, 0.2) is 0 Å². The van der Waals surface area contributed by atoms with E-state index in [1.807, 2.05) is 30.3 Å². The Morgan fingerprint density at radius 1 is 1.00 bits per heavy atom. The second-order valence-electron chi connectivity index (χ2n) is 7.67. The Bertz CT molecular complexity index is 1450. The van der Waals surface area contributed by atoms with Crippen molar-refractivity contribution in [2.24, 2.45) is 0 Å². The van der Waals surface area contributed by atoms with Gasteiger partial charge in [-0.1, -0.05) is 38.1 Å². The Balaban J connectivity index is 1.73. The number of methoxy groups -OCH3 is 1. The number of anilines is 1. The minimum absolute atomic E-state index is 0.0849. The summed E-state index contributed by atoms with van der Waals surface area (Å²) in [5.74, 6) is 0.0461. The molecule has 7 nitrogen and oxygen atoms in total. The van der Waals surface area contributed by atoms with Crippen LogP contribution in [0.1, 0.15) is 29.8 Å². The number of carbonyl (C=O) groups is 1. The van der Waals surface area contributed by atoms with E-state index >= 15 is 0 Å². The summed E-state index contributed by atoms with van der Waals surface area (Å²) in [6.07, 6.45) is 0. The highest BCUT2D eigenvalue weighted by molar-refractivity contribution is 7.89. The third kappa shape index (κ3) is 4.07. The number of nitrogens with one attached hydrogen (secondary N) is 1. The number of ether oxygens (including phenoxy) is 1. The number of rotatable bonds is 7. The second-order valence-corrected chi connectivity index (χ2v) is 9.60. The predicted molar refractivity (Wildman–Crippen MR) is 130 cm³/mol. The molecule has 0 saturated heterocycles. The maximum absolute atomic E-state index is 13.2. The summed E-state index contributed by atoms with van der Waals surface area (Å²) in [6.45, 7) is 6.03. The summed E-state index contributed by atoms with van der Waals surface area (Å²) in [5, 5.41) is 4.69. The molecule has 8 heteroatoms. The number of sulfonamides is 1. The number of hydrogen-bond donors (Lipinski definition) is 1. The first-order chi connectivity index (χ1) is 15.8. The van der Waals surface area contributed by atoms with Gasteiger partial charge in [-0.15, -0.1) is 0 Å². The van der Waals surface area contributed by atoms with Crippen LogP contribution in [0.2, 0.25) is 0 Å². The number of hydrogen-bond acceptors (Lipinski definition) is 5. The summed E-state index contributed by atoms with van der Waals surface area (Å²) >= 11 is 0. The third-order valence-corrected chi connectivity index (χ3v) is 7.79. The number of nitrogens with zero attached hydrogens (tertiary/aromatic N) is 1. The molecule has 1 heterocycles. The van der Waals surface area contributed by atoms with Gasteiger partial charge in [-0.25, -0.2) is 8.42 Å². The molecule has 4 rings (SSSR count). The zero-order valence-corrected chi connectivity index (χ0v) is 19.8. The molecule has 0 aliphatic carbocycles. The monoisotopic (exact) mass is 466 g/mol. The van der Waals surface area contributed by atoms with Gasteiger partial charge in [0.1, 0.15) is 16.9 Å². The Morgan fingerprint density at radius 2 is 1.73 bits per heavy atom. The Hall–Kier alpha value is -3.36. The van der Waals surface area contributed by atoms with Crippen LogP contribution in [0, 0.1) is 6.92 Å². The lowest BCUT2D eigenvalue weighted by Crippen LogP contribution is -2.30. The number of fused-ring (bicyclic) bond motifs is 3. The van der Waals surface area contributed by atoms with Gasteiger partial charge < -0.3 is 14.5 Å². The first kappa shape index (κ1) is 22.8.